The maximum atomic E-state index is 12.5. The summed E-state index contributed by atoms with van der Waals surface area (Å²) < 4.78 is 15.7. The Kier molecular flexibility index (Phi) is 6.84. The second kappa shape index (κ2) is 10.3. The Hall–Kier alpha value is -4.65. The van der Waals surface area contributed by atoms with Gasteiger partial charge in [0.1, 0.15) is 22.6 Å². The number of carbonyl (C=O) groups is 2. The van der Waals surface area contributed by atoms with Gasteiger partial charge >= 0.3 is 11.6 Å². The number of carbonyl (C=O) groups excluding carboxylic acids is 2. The summed E-state index contributed by atoms with van der Waals surface area (Å²) in [6, 6.07) is 22.6. The summed E-state index contributed by atoms with van der Waals surface area (Å²) >= 11 is 0. The summed E-state index contributed by atoms with van der Waals surface area (Å²) in [5.41, 5.74) is 1.04. The Balaban J connectivity index is 1.44. The lowest BCUT2D eigenvalue weighted by Crippen LogP contribution is -2.27. The lowest BCUT2D eigenvalue weighted by molar-refractivity contribution is -0.128. The largest absolute Gasteiger partial charge is 0.497 e. The van der Waals surface area contributed by atoms with Gasteiger partial charge in [0.05, 0.1) is 7.11 Å². The monoisotopic (exact) mass is 455 g/mol. The van der Waals surface area contributed by atoms with Crippen molar-refractivity contribution < 1.29 is 23.5 Å². The first-order chi connectivity index (χ1) is 16.5. The molecule has 0 saturated heterocycles. The smallest absolute Gasteiger partial charge is 0.349 e. The van der Waals surface area contributed by atoms with Crippen LogP contribution in [0.25, 0.3) is 17.0 Å². The number of hydrogen-bond acceptors (Lipinski definition) is 6. The van der Waals surface area contributed by atoms with Gasteiger partial charge in [-0.2, -0.15) is 0 Å². The normalized spacial score (nSPS) is 10.9. The van der Waals surface area contributed by atoms with Crippen LogP contribution in [0.2, 0.25) is 0 Å². The lowest BCUT2D eigenvalue weighted by atomic mass is 10.1. The number of methoxy groups -OCH3 is 1. The minimum absolute atomic E-state index is 0.101. The van der Waals surface area contributed by atoms with Crippen molar-refractivity contribution in [3.05, 3.63) is 112 Å². The first-order valence-electron chi connectivity index (χ1n) is 10.5. The minimum Gasteiger partial charge on any atom is -0.497 e. The Bertz CT molecular complexity index is 1410. The fraction of sp³-hybridized carbons (Fsp3) is 0.0741. The van der Waals surface area contributed by atoms with Crippen LogP contribution in [0, 0.1) is 0 Å². The zero-order valence-electron chi connectivity index (χ0n) is 18.3. The highest BCUT2D eigenvalue weighted by molar-refractivity contribution is 5.97. The van der Waals surface area contributed by atoms with Gasteiger partial charge in [-0.05, 0) is 47.5 Å². The molecule has 4 aromatic rings. The van der Waals surface area contributed by atoms with E-state index >= 15 is 0 Å². The van der Waals surface area contributed by atoms with Crippen LogP contribution in [0.5, 0.6) is 11.5 Å². The molecule has 7 heteroatoms. The molecule has 3 aromatic carbocycles. The van der Waals surface area contributed by atoms with Crippen molar-refractivity contribution in [3.8, 4) is 11.5 Å². The summed E-state index contributed by atoms with van der Waals surface area (Å²) in [7, 11) is 1.58. The van der Waals surface area contributed by atoms with Crippen molar-refractivity contribution in [2.75, 3.05) is 7.11 Å². The average Bonchev–Trinajstić information content (AvgIpc) is 2.86. The van der Waals surface area contributed by atoms with Crippen molar-refractivity contribution in [2.24, 2.45) is 0 Å². The van der Waals surface area contributed by atoms with Gasteiger partial charge in [0.2, 0.25) is 0 Å². The molecule has 0 radical (unpaired) electrons. The second-order valence-corrected chi connectivity index (χ2v) is 7.34. The van der Waals surface area contributed by atoms with E-state index in [2.05, 4.69) is 5.32 Å². The van der Waals surface area contributed by atoms with Crippen LogP contribution in [-0.4, -0.2) is 19.0 Å². The number of hydrogen-bond donors (Lipinski definition) is 1. The predicted octanol–water partition coefficient (Wildman–Crippen LogP) is 4.35. The topological polar surface area (TPSA) is 94.8 Å². The van der Waals surface area contributed by atoms with Crippen LogP contribution < -0.4 is 20.4 Å². The highest BCUT2D eigenvalue weighted by atomic mass is 16.5. The van der Waals surface area contributed by atoms with E-state index in [0.717, 1.165) is 11.1 Å². The van der Waals surface area contributed by atoms with Crippen molar-refractivity contribution in [2.45, 2.75) is 6.54 Å². The van der Waals surface area contributed by atoms with E-state index in [0.29, 0.717) is 11.1 Å². The Morgan fingerprint density at radius 3 is 2.41 bits per heavy atom. The number of ether oxygens (including phenoxy) is 2. The van der Waals surface area contributed by atoms with Crippen LogP contribution in [-0.2, 0) is 11.3 Å². The molecule has 170 valence electrons. The van der Waals surface area contributed by atoms with Gasteiger partial charge in [0.25, 0.3) is 5.91 Å². The summed E-state index contributed by atoms with van der Waals surface area (Å²) in [4.78, 5) is 37.0. The zero-order chi connectivity index (χ0) is 23.9. The van der Waals surface area contributed by atoms with E-state index in [1.54, 1.807) is 49.6 Å². The van der Waals surface area contributed by atoms with Gasteiger partial charge in [-0.1, -0.05) is 42.5 Å². The first-order valence-corrected chi connectivity index (χ1v) is 10.5. The Morgan fingerprint density at radius 2 is 1.68 bits per heavy atom. The lowest BCUT2D eigenvalue weighted by Gasteiger charge is -2.06. The molecular weight excluding hydrogens is 434 g/mol. The number of esters is 1. The Labute approximate surface area is 195 Å². The van der Waals surface area contributed by atoms with Gasteiger partial charge in [-0.15, -0.1) is 0 Å². The number of nitrogens with one attached hydrogen (secondary N) is 1. The van der Waals surface area contributed by atoms with E-state index < -0.39 is 17.5 Å². The van der Waals surface area contributed by atoms with E-state index in [9.17, 15) is 14.4 Å². The predicted molar refractivity (Wildman–Crippen MR) is 128 cm³/mol. The third-order valence-electron chi connectivity index (χ3n) is 4.99. The van der Waals surface area contributed by atoms with E-state index in [4.69, 9.17) is 13.9 Å². The maximum Gasteiger partial charge on any atom is 0.349 e. The SMILES string of the molecule is COc1ccc(/C=C/C(=O)Oc2ccc3cc(C(=O)NCc4ccccc4)c(=O)oc3c2)cc1. The standard InChI is InChI=1S/C27H21NO6/c1-32-21-11-7-18(8-12-21)9-14-25(29)33-22-13-10-20-15-23(27(31)34-24(20)16-22)26(30)28-17-19-5-3-2-4-6-19/h2-16H,17H2,1H3,(H,28,30)/b14-9+. The molecule has 0 aliphatic rings. The van der Waals surface area contributed by atoms with E-state index in [1.807, 2.05) is 30.3 Å². The number of amides is 1. The van der Waals surface area contributed by atoms with E-state index in [-0.39, 0.29) is 23.4 Å². The molecule has 0 spiro atoms. The number of rotatable bonds is 7. The molecule has 1 N–H and O–H groups in total. The van der Waals surface area contributed by atoms with Gasteiger partial charge in [0, 0.05) is 24.1 Å². The molecule has 1 amide bonds. The average molecular weight is 455 g/mol. The summed E-state index contributed by atoms with van der Waals surface area (Å²) in [5, 5.41) is 3.24. The van der Waals surface area contributed by atoms with Gasteiger partial charge in [0.15, 0.2) is 0 Å². The van der Waals surface area contributed by atoms with Crippen molar-refractivity contribution in [1.82, 2.24) is 5.32 Å². The van der Waals surface area contributed by atoms with Crippen LogP contribution in [0.4, 0.5) is 0 Å². The van der Waals surface area contributed by atoms with Crippen molar-refractivity contribution >= 4 is 28.9 Å². The highest BCUT2D eigenvalue weighted by Crippen LogP contribution is 2.21. The van der Waals surface area contributed by atoms with Crippen LogP contribution in [0.1, 0.15) is 21.5 Å². The van der Waals surface area contributed by atoms with Gasteiger partial charge in [-0.3, -0.25) is 4.79 Å². The van der Waals surface area contributed by atoms with Crippen molar-refractivity contribution in [3.63, 3.8) is 0 Å². The van der Waals surface area contributed by atoms with Crippen molar-refractivity contribution in [1.29, 1.82) is 0 Å². The maximum absolute atomic E-state index is 12.5. The molecule has 34 heavy (non-hydrogen) atoms. The molecule has 7 nitrogen and oxygen atoms in total. The molecule has 1 heterocycles. The molecular formula is C27H21NO6. The van der Waals surface area contributed by atoms with Crippen LogP contribution in [0.3, 0.4) is 0 Å². The highest BCUT2D eigenvalue weighted by Gasteiger charge is 2.14. The molecule has 4 rings (SSSR count). The molecule has 0 aliphatic heterocycles. The third kappa shape index (κ3) is 5.58. The first kappa shape index (κ1) is 22.5. The fourth-order valence-electron chi connectivity index (χ4n) is 3.22. The summed E-state index contributed by atoms with van der Waals surface area (Å²) in [6.45, 7) is 0.288. The third-order valence-corrected chi connectivity index (χ3v) is 4.99. The minimum atomic E-state index is -0.777. The van der Waals surface area contributed by atoms with E-state index in [1.165, 1.54) is 18.2 Å². The Morgan fingerprint density at radius 1 is 0.941 bits per heavy atom. The number of benzene rings is 3. The second-order valence-electron chi connectivity index (χ2n) is 7.34. The van der Waals surface area contributed by atoms with Gasteiger partial charge in [-0.25, -0.2) is 9.59 Å². The molecule has 1 aromatic heterocycles. The molecule has 0 saturated carbocycles. The number of fused-ring (bicyclic) bond motifs is 1. The fourth-order valence-corrected chi connectivity index (χ4v) is 3.22. The molecule has 0 atom stereocenters. The molecule has 0 aliphatic carbocycles. The zero-order valence-corrected chi connectivity index (χ0v) is 18.3. The molecule has 0 bridgehead atoms. The van der Waals surface area contributed by atoms with Crippen LogP contribution >= 0.6 is 0 Å². The summed E-state index contributed by atoms with van der Waals surface area (Å²) in [6.07, 6.45) is 2.91. The van der Waals surface area contributed by atoms with Crippen LogP contribution in [0.15, 0.2) is 94.2 Å². The van der Waals surface area contributed by atoms with Gasteiger partial charge < -0.3 is 19.2 Å². The molecule has 0 fully saturated rings. The quantitative estimate of drug-likeness (QED) is 0.193. The molecule has 0 unspecified atom stereocenters. The summed E-state index contributed by atoms with van der Waals surface area (Å²) in [5.74, 6) is -0.191.